The SMILES string of the molecule is C#CCO/N=C(\C)c1cccc(CCCc2cccc(-c3cccc(SC)n3)n2)n1. The fourth-order valence-corrected chi connectivity index (χ4v) is 3.32. The van der Waals surface area contributed by atoms with Crippen LogP contribution in [0.3, 0.4) is 0 Å². The van der Waals surface area contributed by atoms with Crippen LogP contribution < -0.4 is 0 Å². The molecule has 0 saturated carbocycles. The fraction of sp³-hybridized carbons (Fsp3) is 0.250. The van der Waals surface area contributed by atoms with Crippen molar-refractivity contribution in [1.29, 1.82) is 0 Å². The number of oxime groups is 1. The van der Waals surface area contributed by atoms with Crippen molar-refractivity contribution in [3.05, 3.63) is 71.7 Å². The van der Waals surface area contributed by atoms with Gasteiger partial charge in [0.25, 0.3) is 0 Å². The lowest BCUT2D eigenvalue weighted by Gasteiger charge is -2.06. The van der Waals surface area contributed by atoms with E-state index in [0.717, 1.165) is 52.8 Å². The molecule has 0 fully saturated rings. The Balaban J connectivity index is 1.61. The van der Waals surface area contributed by atoms with E-state index in [1.165, 1.54) is 0 Å². The molecule has 0 aliphatic heterocycles. The molecule has 6 heteroatoms. The molecule has 0 atom stereocenters. The maximum absolute atomic E-state index is 5.17. The first-order valence-corrected chi connectivity index (χ1v) is 11.0. The van der Waals surface area contributed by atoms with Crippen LogP contribution in [0, 0.1) is 12.3 Å². The second-order valence-electron chi connectivity index (χ2n) is 6.60. The molecule has 0 radical (unpaired) electrons. The molecule has 3 rings (SSSR count). The Kier molecular flexibility index (Phi) is 7.99. The van der Waals surface area contributed by atoms with Crippen LogP contribution in [-0.2, 0) is 17.7 Å². The van der Waals surface area contributed by atoms with Crippen molar-refractivity contribution in [1.82, 2.24) is 15.0 Å². The number of hydrogen-bond donors (Lipinski definition) is 0. The molecule has 3 aromatic rings. The van der Waals surface area contributed by atoms with Gasteiger partial charge in [0, 0.05) is 11.4 Å². The third kappa shape index (κ3) is 6.16. The lowest BCUT2D eigenvalue weighted by atomic mass is 10.1. The summed E-state index contributed by atoms with van der Waals surface area (Å²) in [7, 11) is 0. The normalized spacial score (nSPS) is 11.2. The number of nitrogens with zero attached hydrogens (tertiary/aromatic N) is 4. The number of hydrogen-bond acceptors (Lipinski definition) is 6. The standard InChI is InChI=1S/C24H24N4OS/c1-4-17-29-28-18(2)21-13-6-11-19(25-21)9-5-10-20-12-7-14-22(26-20)23-15-8-16-24(27-23)30-3/h1,6-8,11-16H,5,9-10,17H2,2-3H3/b28-18+. The Hall–Kier alpha value is -3.17. The molecular formula is C24H24N4OS. The van der Waals surface area contributed by atoms with E-state index in [0.29, 0.717) is 5.71 Å². The number of rotatable bonds is 9. The highest BCUT2D eigenvalue weighted by Crippen LogP contribution is 2.19. The van der Waals surface area contributed by atoms with Crippen LogP contribution in [0.25, 0.3) is 11.4 Å². The van der Waals surface area contributed by atoms with E-state index >= 15 is 0 Å². The van der Waals surface area contributed by atoms with E-state index in [9.17, 15) is 0 Å². The third-order valence-electron chi connectivity index (χ3n) is 4.39. The van der Waals surface area contributed by atoms with E-state index < -0.39 is 0 Å². The molecule has 152 valence electrons. The first-order valence-electron chi connectivity index (χ1n) is 9.73. The number of terminal acetylenes is 1. The lowest BCUT2D eigenvalue weighted by Crippen LogP contribution is -2.03. The summed E-state index contributed by atoms with van der Waals surface area (Å²) in [6.45, 7) is 2.01. The van der Waals surface area contributed by atoms with Gasteiger partial charge in [-0.2, -0.15) is 0 Å². The molecule has 30 heavy (non-hydrogen) atoms. The highest BCUT2D eigenvalue weighted by molar-refractivity contribution is 7.98. The first kappa shape index (κ1) is 21.5. The van der Waals surface area contributed by atoms with E-state index in [4.69, 9.17) is 16.2 Å². The van der Waals surface area contributed by atoms with Gasteiger partial charge >= 0.3 is 0 Å². The second kappa shape index (κ2) is 11.1. The van der Waals surface area contributed by atoms with E-state index in [2.05, 4.69) is 27.1 Å². The summed E-state index contributed by atoms with van der Waals surface area (Å²) in [6.07, 6.45) is 9.88. The van der Waals surface area contributed by atoms with Crippen LogP contribution in [-0.4, -0.2) is 33.5 Å². The summed E-state index contributed by atoms with van der Waals surface area (Å²) in [6, 6.07) is 18.1. The summed E-state index contributed by atoms with van der Waals surface area (Å²) >= 11 is 1.63. The number of pyridine rings is 3. The average Bonchev–Trinajstić information content (AvgIpc) is 2.79. The summed E-state index contributed by atoms with van der Waals surface area (Å²) in [4.78, 5) is 19.1. The summed E-state index contributed by atoms with van der Waals surface area (Å²) in [5.41, 5.74) is 5.39. The number of aryl methyl sites for hydroxylation is 2. The van der Waals surface area contributed by atoms with Crippen LogP contribution in [0.5, 0.6) is 0 Å². The highest BCUT2D eigenvalue weighted by atomic mass is 32.2. The molecule has 5 nitrogen and oxygen atoms in total. The minimum atomic E-state index is 0.153. The summed E-state index contributed by atoms with van der Waals surface area (Å²) in [5, 5.41) is 4.99. The predicted octanol–water partition coefficient (Wildman–Crippen LogP) is 4.81. The van der Waals surface area contributed by atoms with Gasteiger partial charge in [0.05, 0.1) is 22.1 Å². The quantitative estimate of drug-likeness (QED) is 0.165. The van der Waals surface area contributed by atoms with E-state index in [1.807, 2.05) is 61.7 Å². The van der Waals surface area contributed by atoms with Gasteiger partial charge in [-0.15, -0.1) is 18.2 Å². The monoisotopic (exact) mass is 416 g/mol. The molecule has 0 saturated heterocycles. The zero-order chi connectivity index (χ0) is 21.2. The van der Waals surface area contributed by atoms with Gasteiger partial charge < -0.3 is 4.84 Å². The Morgan fingerprint density at radius 2 is 1.63 bits per heavy atom. The third-order valence-corrected chi connectivity index (χ3v) is 5.04. The fourth-order valence-electron chi connectivity index (χ4n) is 2.92. The van der Waals surface area contributed by atoms with Crippen molar-refractivity contribution in [3.8, 4) is 23.7 Å². The molecule has 0 aliphatic rings. The molecular weight excluding hydrogens is 392 g/mol. The molecule has 0 spiro atoms. The lowest BCUT2D eigenvalue weighted by molar-refractivity contribution is 0.180. The minimum Gasteiger partial charge on any atom is -0.382 e. The predicted molar refractivity (Wildman–Crippen MR) is 123 cm³/mol. The molecule has 0 aliphatic carbocycles. The topological polar surface area (TPSA) is 60.3 Å². The molecule has 0 unspecified atom stereocenters. The van der Waals surface area contributed by atoms with E-state index in [1.54, 1.807) is 11.8 Å². The van der Waals surface area contributed by atoms with Gasteiger partial charge in [0.1, 0.15) is 5.71 Å². The Morgan fingerprint density at radius 3 is 2.37 bits per heavy atom. The van der Waals surface area contributed by atoms with Crippen LogP contribution in [0.2, 0.25) is 0 Å². The number of thioether (sulfide) groups is 1. The summed E-state index contributed by atoms with van der Waals surface area (Å²) in [5.74, 6) is 2.39. The average molecular weight is 417 g/mol. The van der Waals surface area contributed by atoms with Crippen molar-refractivity contribution < 1.29 is 4.84 Å². The Morgan fingerprint density at radius 1 is 0.967 bits per heavy atom. The zero-order valence-corrected chi connectivity index (χ0v) is 18.0. The Bertz CT molecular complexity index is 1060. The van der Waals surface area contributed by atoms with Gasteiger partial charge in [0.15, 0.2) is 6.61 Å². The van der Waals surface area contributed by atoms with Crippen molar-refractivity contribution in [2.75, 3.05) is 12.9 Å². The Labute approximate surface area is 182 Å². The van der Waals surface area contributed by atoms with E-state index in [-0.39, 0.29) is 6.61 Å². The maximum atomic E-state index is 5.17. The molecule has 0 N–H and O–H groups in total. The zero-order valence-electron chi connectivity index (χ0n) is 17.2. The summed E-state index contributed by atoms with van der Waals surface area (Å²) < 4.78 is 0. The largest absolute Gasteiger partial charge is 0.382 e. The molecule has 0 aromatic carbocycles. The maximum Gasteiger partial charge on any atom is 0.177 e. The highest BCUT2D eigenvalue weighted by Gasteiger charge is 2.06. The van der Waals surface area contributed by atoms with Crippen LogP contribution in [0.1, 0.15) is 30.4 Å². The van der Waals surface area contributed by atoms with Crippen molar-refractivity contribution in [2.45, 2.75) is 31.2 Å². The van der Waals surface area contributed by atoms with Gasteiger partial charge in [-0.25, -0.2) is 4.98 Å². The molecule has 0 bridgehead atoms. The minimum absolute atomic E-state index is 0.153. The van der Waals surface area contributed by atoms with Gasteiger partial charge in [0.2, 0.25) is 0 Å². The second-order valence-corrected chi connectivity index (χ2v) is 7.43. The van der Waals surface area contributed by atoms with Crippen LogP contribution in [0.15, 0.2) is 64.8 Å². The first-order chi connectivity index (χ1) is 14.7. The molecule has 0 amide bonds. The smallest absolute Gasteiger partial charge is 0.177 e. The van der Waals surface area contributed by atoms with Gasteiger partial charge in [-0.05, 0) is 68.8 Å². The van der Waals surface area contributed by atoms with Crippen LogP contribution in [0.4, 0.5) is 0 Å². The molecule has 3 heterocycles. The van der Waals surface area contributed by atoms with Gasteiger partial charge in [-0.1, -0.05) is 29.3 Å². The number of aromatic nitrogens is 3. The van der Waals surface area contributed by atoms with Crippen molar-refractivity contribution >= 4 is 17.5 Å². The van der Waals surface area contributed by atoms with Crippen molar-refractivity contribution in [3.63, 3.8) is 0 Å². The molecule has 3 aromatic heterocycles. The van der Waals surface area contributed by atoms with Gasteiger partial charge in [-0.3, -0.25) is 9.97 Å². The van der Waals surface area contributed by atoms with Crippen LogP contribution >= 0.6 is 11.8 Å². The van der Waals surface area contributed by atoms with Crippen molar-refractivity contribution in [2.24, 2.45) is 5.16 Å².